The van der Waals surface area contributed by atoms with E-state index >= 15 is 0 Å². The van der Waals surface area contributed by atoms with Crippen LogP contribution in [0.4, 0.5) is 5.69 Å². The lowest BCUT2D eigenvalue weighted by Crippen LogP contribution is -2.30. The molecule has 2 aliphatic rings. The molecule has 2 bridgehead atoms. The number of nitrogens with zero attached hydrogens (tertiary/aromatic N) is 2. The molecule has 5 heteroatoms. The molecule has 2 aromatic carbocycles. The van der Waals surface area contributed by atoms with Crippen LogP contribution in [0.2, 0.25) is 0 Å². The zero-order valence-corrected chi connectivity index (χ0v) is 14.9. The van der Waals surface area contributed by atoms with Gasteiger partial charge in [0.15, 0.2) is 0 Å². The molecule has 0 aliphatic carbocycles. The van der Waals surface area contributed by atoms with E-state index < -0.39 is 0 Å². The fourth-order valence-electron chi connectivity index (χ4n) is 3.69. The molecule has 0 N–H and O–H groups in total. The van der Waals surface area contributed by atoms with E-state index in [0.29, 0.717) is 5.75 Å². The highest BCUT2D eigenvalue weighted by molar-refractivity contribution is 8.01. The molecule has 0 saturated carbocycles. The third-order valence-corrected chi connectivity index (χ3v) is 6.34. The number of fused-ring (bicyclic) bond motifs is 7. The first-order valence-electron chi connectivity index (χ1n) is 8.45. The first-order valence-corrected chi connectivity index (χ1v) is 9.39. The quantitative estimate of drug-likeness (QED) is 0.670. The first kappa shape index (κ1) is 15.5. The summed E-state index contributed by atoms with van der Waals surface area (Å²) in [5.74, 6) is 0.819. The Labute approximate surface area is 155 Å². The normalized spacial score (nSPS) is 20.3. The number of amides is 1. The molecule has 5 rings (SSSR count). The smallest absolute Gasteiger partial charge is 0.245 e. The van der Waals surface area contributed by atoms with Crippen LogP contribution in [0.3, 0.4) is 0 Å². The molecule has 1 fully saturated rings. The number of hydrogen-bond acceptors (Lipinski definition) is 4. The van der Waals surface area contributed by atoms with Gasteiger partial charge in [-0.1, -0.05) is 42.5 Å². The van der Waals surface area contributed by atoms with Gasteiger partial charge in [-0.25, -0.2) is 0 Å². The molecule has 2 aliphatic heterocycles. The van der Waals surface area contributed by atoms with Crippen LogP contribution in [0.1, 0.15) is 21.8 Å². The van der Waals surface area contributed by atoms with Gasteiger partial charge in [-0.15, -0.1) is 11.8 Å². The zero-order valence-electron chi connectivity index (χ0n) is 14.1. The summed E-state index contributed by atoms with van der Waals surface area (Å²) < 4.78 is 5.41. The van der Waals surface area contributed by atoms with Crippen LogP contribution >= 0.6 is 11.8 Å². The number of carbonyl (C=O) groups excluding carboxylic acids is 1. The van der Waals surface area contributed by atoms with Crippen molar-refractivity contribution in [1.82, 2.24) is 4.98 Å². The van der Waals surface area contributed by atoms with E-state index in [0.717, 1.165) is 28.1 Å². The highest BCUT2D eigenvalue weighted by atomic mass is 32.2. The summed E-state index contributed by atoms with van der Waals surface area (Å²) in [5.41, 5.74) is 4.91. The molecule has 3 heterocycles. The largest absolute Gasteiger partial charge is 0.495 e. The van der Waals surface area contributed by atoms with Gasteiger partial charge in [0.05, 0.1) is 19.0 Å². The van der Waals surface area contributed by atoms with E-state index in [1.165, 1.54) is 0 Å². The van der Waals surface area contributed by atoms with Gasteiger partial charge in [-0.2, -0.15) is 0 Å². The Balaban J connectivity index is 1.77. The molecular weight excluding hydrogens is 344 g/mol. The van der Waals surface area contributed by atoms with Gasteiger partial charge in [0, 0.05) is 16.8 Å². The van der Waals surface area contributed by atoms with Crippen molar-refractivity contribution in [2.75, 3.05) is 12.0 Å². The van der Waals surface area contributed by atoms with Crippen LogP contribution in [0.15, 0.2) is 66.9 Å². The van der Waals surface area contributed by atoms with Crippen molar-refractivity contribution in [2.24, 2.45) is 0 Å². The minimum Gasteiger partial charge on any atom is -0.495 e. The molecule has 3 aromatic rings. The van der Waals surface area contributed by atoms with E-state index in [1.807, 2.05) is 59.5 Å². The average molecular weight is 360 g/mol. The van der Waals surface area contributed by atoms with E-state index in [9.17, 15) is 4.79 Å². The maximum absolute atomic E-state index is 13.3. The number of rotatable bonds is 2. The second kappa shape index (κ2) is 5.88. The predicted molar refractivity (Wildman–Crippen MR) is 103 cm³/mol. The molecule has 2 atom stereocenters. The van der Waals surface area contributed by atoms with Crippen molar-refractivity contribution < 1.29 is 9.53 Å². The van der Waals surface area contributed by atoms with Crippen molar-refractivity contribution in [1.29, 1.82) is 0 Å². The molecule has 0 radical (unpaired) electrons. The number of hydrogen-bond donors (Lipinski definition) is 0. The Morgan fingerprint density at radius 3 is 2.62 bits per heavy atom. The summed E-state index contributed by atoms with van der Waals surface area (Å²) in [7, 11) is 1.64. The van der Waals surface area contributed by atoms with Crippen molar-refractivity contribution in [3.63, 3.8) is 0 Å². The van der Waals surface area contributed by atoms with E-state index in [4.69, 9.17) is 4.74 Å². The maximum Gasteiger partial charge on any atom is 0.245 e. The fraction of sp³-hybridized carbons (Fsp3) is 0.143. The number of para-hydroxylation sites is 1. The van der Waals surface area contributed by atoms with Gasteiger partial charge >= 0.3 is 0 Å². The zero-order chi connectivity index (χ0) is 17.7. The third kappa shape index (κ3) is 2.17. The summed E-state index contributed by atoms with van der Waals surface area (Å²) in [6.07, 6.45) is 1.74. The fourth-order valence-corrected chi connectivity index (χ4v) is 5.20. The summed E-state index contributed by atoms with van der Waals surface area (Å²) in [5, 5.41) is -0.350. The van der Waals surface area contributed by atoms with Crippen LogP contribution < -0.4 is 9.64 Å². The SMILES string of the molecule is COc1cnc2c(c1)C1SC(C(=O)N1c1ccccc1)c1ccccc1-2. The molecule has 0 spiro atoms. The number of aromatic nitrogens is 1. The Morgan fingerprint density at radius 2 is 1.81 bits per heavy atom. The van der Waals surface area contributed by atoms with Crippen molar-refractivity contribution in [2.45, 2.75) is 10.6 Å². The number of pyridine rings is 1. The molecule has 1 amide bonds. The first-order chi connectivity index (χ1) is 12.8. The molecule has 4 nitrogen and oxygen atoms in total. The Kier molecular flexibility index (Phi) is 3.50. The minimum atomic E-state index is -0.225. The van der Waals surface area contributed by atoms with Crippen LogP contribution in [0.5, 0.6) is 5.75 Å². The van der Waals surface area contributed by atoms with Gasteiger partial charge in [-0.05, 0) is 23.8 Å². The summed E-state index contributed by atoms with van der Waals surface area (Å²) >= 11 is 1.67. The van der Waals surface area contributed by atoms with E-state index in [1.54, 1.807) is 25.1 Å². The van der Waals surface area contributed by atoms with Crippen LogP contribution in [-0.2, 0) is 4.79 Å². The van der Waals surface area contributed by atoms with E-state index in [2.05, 4.69) is 11.1 Å². The van der Waals surface area contributed by atoms with Crippen LogP contribution in [0, 0.1) is 0 Å². The van der Waals surface area contributed by atoms with E-state index in [-0.39, 0.29) is 16.5 Å². The molecule has 1 saturated heterocycles. The van der Waals surface area contributed by atoms with Crippen molar-refractivity contribution in [3.05, 3.63) is 78.0 Å². The van der Waals surface area contributed by atoms with Gasteiger partial charge < -0.3 is 4.74 Å². The monoisotopic (exact) mass is 360 g/mol. The van der Waals surface area contributed by atoms with Gasteiger partial charge in [0.25, 0.3) is 0 Å². The molecule has 128 valence electrons. The summed E-state index contributed by atoms with van der Waals surface area (Å²) in [6.45, 7) is 0. The number of methoxy groups -OCH3 is 1. The lowest BCUT2D eigenvalue weighted by Gasteiger charge is -2.27. The highest BCUT2D eigenvalue weighted by Gasteiger charge is 2.47. The maximum atomic E-state index is 13.3. The van der Waals surface area contributed by atoms with Gasteiger partial charge in [0.1, 0.15) is 16.4 Å². The lowest BCUT2D eigenvalue weighted by atomic mass is 9.95. The predicted octanol–water partition coefficient (Wildman–Crippen LogP) is 4.59. The van der Waals surface area contributed by atoms with Gasteiger partial charge in [-0.3, -0.25) is 14.7 Å². The second-order valence-electron chi connectivity index (χ2n) is 6.31. The Hall–Kier alpha value is -2.79. The molecule has 26 heavy (non-hydrogen) atoms. The van der Waals surface area contributed by atoms with Crippen LogP contribution in [-0.4, -0.2) is 18.0 Å². The minimum absolute atomic E-state index is 0.118. The Bertz CT molecular complexity index is 1010. The molecule has 1 aromatic heterocycles. The van der Waals surface area contributed by atoms with Crippen molar-refractivity contribution >= 4 is 23.4 Å². The lowest BCUT2D eigenvalue weighted by molar-refractivity contribution is -0.117. The second-order valence-corrected chi connectivity index (χ2v) is 7.50. The van der Waals surface area contributed by atoms with Crippen LogP contribution in [0.25, 0.3) is 11.3 Å². The van der Waals surface area contributed by atoms with Gasteiger partial charge in [0.2, 0.25) is 5.91 Å². The highest BCUT2D eigenvalue weighted by Crippen LogP contribution is 2.57. The standard InChI is InChI=1S/C21H16N2O2S/c1-25-14-11-17-18(22-12-14)15-9-5-6-10-16(15)19-20(24)23(21(17)26-19)13-7-3-2-4-8-13/h2-12,19,21H,1H3. The Morgan fingerprint density at radius 1 is 1.04 bits per heavy atom. The molecule has 2 unspecified atom stereocenters. The number of anilines is 1. The summed E-state index contributed by atoms with van der Waals surface area (Å²) in [6, 6.07) is 19.9. The number of carbonyl (C=O) groups is 1. The number of benzene rings is 2. The average Bonchev–Trinajstić information content (AvgIpc) is 2.97. The topological polar surface area (TPSA) is 42.4 Å². The molecular formula is C21H16N2O2S. The third-order valence-electron chi connectivity index (χ3n) is 4.89. The number of thioether (sulfide) groups is 1. The van der Waals surface area contributed by atoms with Crippen molar-refractivity contribution in [3.8, 4) is 17.0 Å². The number of ether oxygens (including phenoxy) is 1. The summed E-state index contributed by atoms with van der Waals surface area (Å²) in [4.78, 5) is 19.9.